The van der Waals surface area contributed by atoms with Crippen LogP contribution in [0.3, 0.4) is 0 Å². The van der Waals surface area contributed by atoms with Gasteiger partial charge in [-0.2, -0.15) is 5.10 Å². The minimum Gasteiger partial charge on any atom is -0.351 e. The van der Waals surface area contributed by atoms with Crippen molar-refractivity contribution in [2.75, 3.05) is 36.0 Å². The molecule has 0 radical (unpaired) electrons. The second-order valence-electron chi connectivity index (χ2n) is 6.29. The Morgan fingerprint density at radius 3 is 2.54 bits per heavy atom. The van der Waals surface area contributed by atoms with Crippen molar-refractivity contribution in [3.05, 3.63) is 37.3 Å². The third-order valence-electron chi connectivity index (χ3n) is 4.91. The van der Waals surface area contributed by atoms with Crippen LogP contribution < -0.4 is 9.80 Å². The molecule has 0 spiro atoms. The Labute approximate surface area is 149 Å². The van der Waals surface area contributed by atoms with Crippen molar-refractivity contribution in [1.29, 1.82) is 0 Å². The van der Waals surface area contributed by atoms with Crippen molar-refractivity contribution in [3.63, 3.8) is 0 Å². The van der Waals surface area contributed by atoms with Gasteiger partial charge in [0.15, 0.2) is 22.8 Å². The van der Waals surface area contributed by atoms with Crippen molar-refractivity contribution in [3.8, 4) is 0 Å². The molecule has 1 saturated heterocycles. The number of hydrogen-bond donors (Lipinski definition) is 0. The number of rotatable bonds is 3. The largest absolute Gasteiger partial charge is 0.351 e. The topological polar surface area (TPSA) is 80.3 Å². The zero-order valence-corrected chi connectivity index (χ0v) is 14.5. The van der Waals surface area contributed by atoms with E-state index in [4.69, 9.17) is 0 Å². The summed E-state index contributed by atoms with van der Waals surface area (Å²) in [6.07, 6.45) is 8.94. The number of aromatic nitrogens is 7. The van der Waals surface area contributed by atoms with E-state index >= 15 is 0 Å². The van der Waals surface area contributed by atoms with Gasteiger partial charge in [-0.3, -0.25) is 0 Å². The zero-order chi connectivity index (χ0) is 17.5. The van der Waals surface area contributed by atoms with Crippen LogP contribution in [0.4, 0.5) is 11.6 Å². The van der Waals surface area contributed by atoms with Crippen molar-refractivity contribution in [2.24, 2.45) is 0 Å². The molecule has 0 amide bonds. The maximum atomic E-state index is 4.57. The first kappa shape index (κ1) is 15.1. The molecular weight excluding hydrogens is 330 g/mol. The molecule has 1 aliphatic rings. The third-order valence-corrected chi connectivity index (χ3v) is 4.91. The molecule has 0 N–H and O–H groups in total. The van der Waals surface area contributed by atoms with E-state index < -0.39 is 0 Å². The highest BCUT2D eigenvalue weighted by Gasteiger charge is 2.23. The second kappa shape index (κ2) is 5.94. The van der Waals surface area contributed by atoms with Gasteiger partial charge >= 0.3 is 0 Å². The lowest BCUT2D eigenvalue weighted by molar-refractivity contribution is 0.642. The van der Waals surface area contributed by atoms with E-state index in [9.17, 15) is 0 Å². The maximum Gasteiger partial charge on any atom is 0.165 e. The fraction of sp³-hybridized carbons (Fsp3) is 0.353. The van der Waals surface area contributed by atoms with E-state index in [1.54, 1.807) is 18.7 Å². The Balaban J connectivity index is 1.41. The fourth-order valence-corrected chi connectivity index (χ4v) is 3.55. The van der Waals surface area contributed by atoms with E-state index in [-0.39, 0.29) is 0 Å². The van der Waals surface area contributed by atoms with Crippen LogP contribution in [0, 0.1) is 0 Å². The Bertz CT molecular complexity index is 1060. The molecule has 132 valence electrons. The Morgan fingerprint density at radius 2 is 1.73 bits per heavy atom. The lowest BCUT2D eigenvalue weighted by Gasteiger charge is -2.36. The molecule has 9 heteroatoms. The van der Waals surface area contributed by atoms with Gasteiger partial charge in [0.2, 0.25) is 0 Å². The minimum atomic E-state index is 0.849. The zero-order valence-electron chi connectivity index (χ0n) is 14.5. The smallest absolute Gasteiger partial charge is 0.165 e. The Morgan fingerprint density at radius 1 is 0.923 bits per heavy atom. The molecule has 4 aromatic rings. The van der Waals surface area contributed by atoms with Gasteiger partial charge in [-0.15, -0.1) is 0 Å². The summed E-state index contributed by atoms with van der Waals surface area (Å²) in [4.78, 5) is 22.6. The summed E-state index contributed by atoms with van der Waals surface area (Å²) in [5, 5.41) is 4.29. The maximum absolute atomic E-state index is 4.57. The number of hydrogen-bond acceptors (Lipinski definition) is 7. The summed E-state index contributed by atoms with van der Waals surface area (Å²) in [6.45, 7) is 6.41. The first-order valence-corrected chi connectivity index (χ1v) is 8.79. The van der Waals surface area contributed by atoms with Crippen molar-refractivity contribution in [1.82, 2.24) is 34.1 Å². The molecule has 0 bridgehead atoms. The van der Waals surface area contributed by atoms with E-state index in [1.165, 1.54) is 0 Å². The minimum absolute atomic E-state index is 0.849. The highest BCUT2D eigenvalue weighted by Crippen LogP contribution is 2.25. The number of nitrogens with zero attached hydrogens (tertiary/aromatic N) is 9. The fourth-order valence-electron chi connectivity index (χ4n) is 3.55. The van der Waals surface area contributed by atoms with Gasteiger partial charge in [-0.1, -0.05) is 0 Å². The quantitative estimate of drug-likeness (QED) is 0.550. The molecule has 9 nitrogen and oxygen atoms in total. The average molecular weight is 349 g/mol. The van der Waals surface area contributed by atoms with Crippen LogP contribution in [0.1, 0.15) is 6.92 Å². The Hall–Kier alpha value is -3.23. The molecular formula is C17H19N9. The molecule has 0 atom stereocenters. The van der Waals surface area contributed by atoms with Crippen molar-refractivity contribution >= 4 is 28.3 Å². The van der Waals surface area contributed by atoms with Gasteiger partial charge < -0.3 is 14.4 Å². The molecule has 0 aromatic carbocycles. The van der Waals surface area contributed by atoms with Crippen molar-refractivity contribution in [2.45, 2.75) is 13.5 Å². The molecule has 0 aliphatic carbocycles. The lowest BCUT2D eigenvalue weighted by Crippen LogP contribution is -2.47. The highest BCUT2D eigenvalue weighted by molar-refractivity contribution is 5.83. The standard InChI is InChI=1S/C17H19N9/c1-2-23-12-21-14-16(23)19-11-20-17(14)25-9-7-24(8-10-25)15-13-3-4-22-26(13)6-5-18-15/h3-6,11-12H,2,7-10H2,1H3. The summed E-state index contributed by atoms with van der Waals surface area (Å²) < 4.78 is 3.90. The molecule has 1 fully saturated rings. The molecule has 0 saturated carbocycles. The number of aryl methyl sites for hydroxylation is 1. The van der Waals surface area contributed by atoms with Crippen LogP contribution in [0.15, 0.2) is 37.3 Å². The van der Waals surface area contributed by atoms with E-state index in [2.05, 4.69) is 41.8 Å². The van der Waals surface area contributed by atoms with Crippen molar-refractivity contribution < 1.29 is 0 Å². The van der Waals surface area contributed by atoms with Crippen LogP contribution in [-0.4, -0.2) is 60.3 Å². The predicted molar refractivity (Wildman–Crippen MR) is 98.4 cm³/mol. The summed E-state index contributed by atoms with van der Waals surface area (Å²) in [5.74, 6) is 1.89. The highest BCUT2D eigenvalue weighted by atomic mass is 15.3. The number of piperazine rings is 1. The second-order valence-corrected chi connectivity index (χ2v) is 6.29. The van der Waals surface area contributed by atoms with Gasteiger partial charge in [-0.05, 0) is 13.0 Å². The van der Waals surface area contributed by atoms with Crippen LogP contribution >= 0.6 is 0 Å². The van der Waals surface area contributed by atoms with E-state index in [1.807, 2.05) is 27.7 Å². The summed E-state index contributed by atoms with van der Waals surface area (Å²) in [6, 6.07) is 2.00. The van der Waals surface area contributed by atoms with Crippen LogP contribution in [-0.2, 0) is 6.54 Å². The van der Waals surface area contributed by atoms with Crippen LogP contribution in [0.5, 0.6) is 0 Å². The molecule has 26 heavy (non-hydrogen) atoms. The third kappa shape index (κ3) is 2.27. The SMILES string of the molecule is CCn1cnc2c(N3CCN(c4nccn5nccc45)CC3)ncnc21. The Kier molecular flexibility index (Phi) is 3.44. The van der Waals surface area contributed by atoms with Gasteiger partial charge in [-0.25, -0.2) is 24.5 Å². The van der Waals surface area contributed by atoms with Gasteiger partial charge in [0.25, 0.3) is 0 Å². The predicted octanol–water partition coefficient (Wildman–Crippen LogP) is 1.22. The van der Waals surface area contributed by atoms with E-state index in [0.717, 1.165) is 61.0 Å². The van der Waals surface area contributed by atoms with Gasteiger partial charge in [0.1, 0.15) is 11.8 Å². The first-order chi connectivity index (χ1) is 12.8. The molecule has 4 aromatic heterocycles. The normalized spacial score (nSPS) is 15.3. The van der Waals surface area contributed by atoms with E-state index in [0.29, 0.717) is 0 Å². The van der Waals surface area contributed by atoms with Crippen LogP contribution in [0.2, 0.25) is 0 Å². The summed E-state index contributed by atoms with van der Waals surface area (Å²) in [5.41, 5.74) is 2.80. The number of anilines is 2. The molecule has 5 heterocycles. The lowest BCUT2D eigenvalue weighted by atomic mass is 10.3. The van der Waals surface area contributed by atoms with Crippen LogP contribution in [0.25, 0.3) is 16.7 Å². The molecule has 1 aliphatic heterocycles. The monoisotopic (exact) mass is 349 g/mol. The molecule has 0 unspecified atom stereocenters. The number of imidazole rings is 1. The first-order valence-electron chi connectivity index (χ1n) is 8.79. The molecule has 5 rings (SSSR count). The summed E-state index contributed by atoms with van der Waals surface area (Å²) in [7, 11) is 0. The summed E-state index contributed by atoms with van der Waals surface area (Å²) >= 11 is 0. The number of fused-ring (bicyclic) bond motifs is 2. The van der Waals surface area contributed by atoms with Gasteiger partial charge in [0.05, 0.1) is 12.5 Å². The average Bonchev–Trinajstić information content (AvgIpc) is 3.34. The van der Waals surface area contributed by atoms with Gasteiger partial charge in [0, 0.05) is 45.1 Å².